The molecule has 1 unspecified atom stereocenters. The third-order valence-electron chi connectivity index (χ3n) is 3.94. The second-order valence-electron chi connectivity index (χ2n) is 5.32. The Morgan fingerprint density at radius 2 is 1.79 bits per heavy atom. The highest BCUT2D eigenvalue weighted by Gasteiger charge is 2.30. The SMILES string of the molecule is O=C(O)C1CNCCN1CC(=O)N1CCCCCC1. The summed E-state index contributed by atoms with van der Waals surface area (Å²) in [7, 11) is 0. The van der Waals surface area contributed by atoms with Crippen LogP contribution in [0.3, 0.4) is 0 Å². The fourth-order valence-electron chi connectivity index (χ4n) is 2.77. The zero-order valence-electron chi connectivity index (χ0n) is 11.3. The van der Waals surface area contributed by atoms with Crippen LogP contribution in [0.4, 0.5) is 0 Å². The highest BCUT2D eigenvalue weighted by Crippen LogP contribution is 2.11. The van der Waals surface area contributed by atoms with Crippen LogP contribution in [0.25, 0.3) is 0 Å². The highest BCUT2D eigenvalue weighted by molar-refractivity contribution is 5.80. The fraction of sp³-hybridized carbons (Fsp3) is 0.846. The number of likely N-dealkylation sites (tertiary alicyclic amines) is 1. The molecule has 108 valence electrons. The van der Waals surface area contributed by atoms with Crippen LogP contribution in [0.15, 0.2) is 0 Å². The van der Waals surface area contributed by atoms with Gasteiger partial charge in [-0.3, -0.25) is 14.5 Å². The summed E-state index contributed by atoms with van der Waals surface area (Å²) >= 11 is 0. The maximum absolute atomic E-state index is 12.3. The minimum atomic E-state index is -0.851. The first-order chi connectivity index (χ1) is 9.18. The van der Waals surface area contributed by atoms with Crippen LogP contribution in [0.2, 0.25) is 0 Å². The molecule has 0 aromatic carbocycles. The molecule has 19 heavy (non-hydrogen) atoms. The van der Waals surface area contributed by atoms with E-state index in [1.807, 2.05) is 4.90 Å². The van der Waals surface area contributed by atoms with Crippen molar-refractivity contribution in [3.63, 3.8) is 0 Å². The number of rotatable bonds is 3. The van der Waals surface area contributed by atoms with E-state index in [-0.39, 0.29) is 12.5 Å². The summed E-state index contributed by atoms with van der Waals surface area (Å²) in [6.45, 7) is 3.67. The van der Waals surface area contributed by atoms with Gasteiger partial charge in [0.2, 0.25) is 5.91 Å². The van der Waals surface area contributed by atoms with Crippen molar-refractivity contribution in [3.05, 3.63) is 0 Å². The normalized spacial score (nSPS) is 25.9. The third kappa shape index (κ3) is 3.91. The first-order valence-electron chi connectivity index (χ1n) is 7.14. The number of nitrogens with one attached hydrogen (secondary N) is 1. The second kappa shape index (κ2) is 6.86. The average molecular weight is 269 g/mol. The van der Waals surface area contributed by atoms with Gasteiger partial charge in [-0.05, 0) is 12.8 Å². The number of amides is 1. The third-order valence-corrected chi connectivity index (χ3v) is 3.94. The van der Waals surface area contributed by atoms with Crippen molar-refractivity contribution < 1.29 is 14.7 Å². The molecule has 2 fully saturated rings. The lowest BCUT2D eigenvalue weighted by Gasteiger charge is -2.34. The van der Waals surface area contributed by atoms with Gasteiger partial charge in [0.05, 0.1) is 6.54 Å². The molecule has 0 spiro atoms. The number of hydrogen-bond acceptors (Lipinski definition) is 4. The molecule has 6 nitrogen and oxygen atoms in total. The van der Waals surface area contributed by atoms with Gasteiger partial charge in [0.25, 0.3) is 0 Å². The molecule has 0 saturated carbocycles. The van der Waals surface area contributed by atoms with E-state index in [9.17, 15) is 14.7 Å². The fourth-order valence-corrected chi connectivity index (χ4v) is 2.77. The largest absolute Gasteiger partial charge is 0.480 e. The Hall–Kier alpha value is -1.14. The molecule has 2 aliphatic heterocycles. The van der Waals surface area contributed by atoms with E-state index in [2.05, 4.69) is 5.32 Å². The summed E-state index contributed by atoms with van der Waals surface area (Å²) in [4.78, 5) is 27.1. The molecule has 2 aliphatic rings. The van der Waals surface area contributed by atoms with Crippen molar-refractivity contribution in [1.29, 1.82) is 0 Å². The summed E-state index contributed by atoms with van der Waals surface area (Å²) < 4.78 is 0. The highest BCUT2D eigenvalue weighted by atomic mass is 16.4. The summed E-state index contributed by atoms with van der Waals surface area (Å²) in [5, 5.41) is 12.2. The molecule has 0 aromatic rings. The predicted octanol–water partition coefficient (Wildman–Crippen LogP) is -0.253. The van der Waals surface area contributed by atoms with Gasteiger partial charge in [-0.25, -0.2) is 0 Å². The van der Waals surface area contributed by atoms with E-state index >= 15 is 0 Å². The maximum atomic E-state index is 12.3. The number of carboxylic acids is 1. The molecule has 2 heterocycles. The Morgan fingerprint density at radius 1 is 1.11 bits per heavy atom. The van der Waals surface area contributed by atoms with Gasteiger partial charge in [-0.15, -0.1) is 0 Å². The second-order valence-corrected chi connectivity index (χ2v) is 5.32. The van der Waals surface area contributed by atoms with Crippen LogP contribution in [0.5, 0.6) is 0 Å². The van der Waals surface area contributed by atoms with Gasteiger partial charge in [0.15, 0.2) is 0 Å². The lowest BCUT2D eigenvalue weighted by atomic mass is 10.2. The summed E-state index contributed by atoms with van der Waals surface area (Å²) in [6.07, 6.45) is 4.51. The van der Waals surface area contributed by atoms with Gasteiger partial charge in [0, 0.05) is 32.7 Å². The summed E-state index contributed by atoms with van der Waals surface area (Å²) in [5.41, 5.74) is 0. The summed E-state index contributed by atoms with van der Waals surface area (Å²) in [6, 6.07) is -0.579. The standard InChI is InChI=1S/C13H23N3O3/c17-12(15-6-3-1-2-4-7-15)10-16-8-5-14-9-11(16)13(18)19/h11,14H,1-10H2,(H,18,19). The lowest BCUT2D eigenvalue weighted by Crippen LogP contribution is -2.57. The Balaban J connectivity index is 1.90. The van der Waals surface area contributed by atoms with Crippen molar-refractivity contribution in [2.24, 2.45) is 0 Å². The van der Waals surface area contributed by atoms with Crippen molar-refractivity contribution in [3.8, 4) is 0 Å². The first-order valence-corrected chi connectivity index (χ1v) is 7.14. The molecule has 2 N–H and O–H groups in total. The number of nitrogens with zero attached hydrogens (tertiary/aromatic N) is 2. The Morgan fingerprint density at radius 3 is 2.42 bits per heavy atom. The van der Waals surface area contributed by atoms with Crippen LogP contribution in [0, 0.1) is 0 Å². The van der Waals surface area contributed by atoms with Crippen LogP contribution in [-0.2, 0) is 9.59 Å². The van der Waals surface area contributed by atoms with Gasteiger partial charge >= 0.3 is 5.97 Å². The molecule has 0 radical (unpaired) electrons. The molecule has 1 amide bonds. The minimum absolute atomic E-state index is 0.0788. The van der Waals surface area contributed by atoms with E-state index < -0.39 is 12.0 Å². The van der Waals surface area contributed by atoms with Gasteiger partial charge in [-0.1, -0.05) is 12.8 Å². The maximum Gasteiger partial charge on any atom is 0.322 e. The van der Waals surface area contributed by atoms with E-state index in [1.54, 1.807) is 4.90 Å². The average Bonchev–Trinajstić information content (AvgIpc) is 2.68. The number of carbonyl (C=O) groups excluding carboxylic acids is 1. The van der Waals surface area contributed by atoms with Gasteiger partial charge in [-0.2, -0.15) is 0 Å². The van der Waals surface area contributed by atoms with Crippen LogP contribution >= 0.6 is 0 Å². The van der Waals surface area contributed by atoms with Crippen molar-refractivity contribution >= 4 is 11.9 Å². The summed E-state index contributed by atoms with van der Waals surface area (Å²) in [5.74, 6) is -0.772. The van der Waals surface area contributed by atoms with Crippen LogP contribution < -0.4 is 5.32 Å². The first kappa shape index (κ1) is 14.3. The number of carboxylic acid groups (broad SMARTS) is 1. The van der Waals surface area contributed by atoms with Crippen molar-refractivity contribution in [1.82, 2.24) is 15.1 Å². The van der Waals surface area contributed by atoms with Gasteiger partial charge in [0.1, 0.15) is 6.04 Å². The Kier molecular flexibility index (Phi) is 5.15. The molecule has 2 rings (SSSR count). The Bertz CT molecular complexity index is 327. The Labute approximate surface area is 113 Å². The van der Waals surface area contributed by atoms with Crippen molar-refractivity contribution in [2.45, 2.75) is 31.7 Å². The van der Waals surface area contributed by atoms with E-state index in [1.165, 1.54) is 12.8 Å². The molecular formula is C13H23N3O3. The molecular weight excluding hydrogens is 246 g/mol. The molecule has 2 saturated heterocycles. The molecule has 0 aromatic heterocycles. The molecule has 6 heteroatoms. The predicted molar refractivity (Wildman–Crippen MR) is 70.9 cm³/mol. The number of hydrogen-bond donors (Lipinski definition) is 2. The molecule has 0 bridgehead atoms. The number of aliphatic carboxylic acids is 1. The zero-order valence-corrected chi connectivity index (χ0v) is 11.3. The van der Waals surface area contributed by atoms with E-state index in [0.717, 1.165) is 32.5 Å². The molecule has 1 atom stereocenters. The van der Waals surface area contributed by atoms with Gasteiger partial charge < -0.3 is 15.3 Å². The smallest absolute Gasteiger partial charge is 0.322 e. The number of carbonyl (C=O) groups is 2. The van der Waals surface area contributed by atoms with Crippen LogP contribution in [-0.4, -0.2) is 72.1 Å². The van der Waals surface area contributed by atoms with E-state index in [0.29, 0.717) is 13.1 Å². The van der Waals surface area contributed by atoms with Crippen LogP contribution in [0.1, 0.15) is 25.7 Å². The van der Waals surface area contributed by atoms with Crippen molar-refractivity contribution in [2.75, 3.05) is 39.3 Å². The quantitative estimate of drug-likeness (QED) is 0.739. The topological polar surface area (TPSA) is 72.9 Å². The lowest BCUT2D eigenvalue weighted by molar-refractivity contribution is -0.145. The van der Waals surface area contributed by atoms with E-state index in [4.69, 9.17) is 0 Å². The molecule has 0 aliphatic carbocycles. The zero-order chi connectivity index (χ0) is 13.7. The monoisotopic (exact) mass is 269 g/mol. The minimum Gasteiger partial charge on any atom is -0.480 e. The number of piperazine rings is 1.